The van der Waals surface area contributed by atoms with Gasteiger partial charge in [0.1, 0.15) is 5.52 Å². The molecule has 4 rings (SSSR count). The highest BCUT2D eigenvalue weighted by atomic mass is 16.5. The molecule has 1 saturated carbocycles. The van der Waals surface area contributed by atoms with Crippen molar-refractivity contribution < 1.29 is 13.9 Å². The van der Waals surface area contributed by atoms with Crippen molar-refractivity contribution in [2.45, 2.75) is 64.1 Å². The number of amides is 1. The van der Waals surface area contributed by atoms with E-state index in [9.17, 15) is 4.79 Å². The first-order valence-corrected chi connectivity index (χ1v) is 9.49. The second-order valence-corrected chi connectivity index (χ2v) is 8.13. The molecule has 0 bridgehead atoms. The van der Waals surface area contributed by atoms with Gasteiger partial charge in [-0.2, -0.15) is 4.98 Å². The minimum atomic E-state index is -0.110. The summed E-state index contributed by atoms with van der Waals surface area (Å²) in [6.45, 7) is 6.91. The number of anilines is 1. The van der Waals surface area contributed by atoms with Crippen molar-refractivity contribution in [1.29, 1.82) is 0 Å². The van der Waals surface area contributed by atoms with Gasteiger partial charge in [0.05, 0.1) is 12.0 Å². The summed E-state index contributed by atoms with van der Waals surface area (Å²) in [6, 6.07) is 6.72. The van der Waals surface area contributed by atoms with Crippen LogP contribution in [0.25, 0.3) is 11.1 Å². The lowest BCUT2D eigenvalue weighted by Crippen LogP contribution is -2.58. The summed E-state index contributed by atoms with van der Waals surface area (Å²) >= 11 is 0. The van der Waals surface area contributed by atoms with Crippen LogP contribution in [0.15, 0.2) is 22.6 Å². The highest BCUT2D eigenvalue weighted by Crippen LogP contribution is 2.36. The number of carbonyl (C=O) groups excluding carboxylic acids is 1. The van der Waals surface area contributed by atoms with Gasteiger partial charge in [0.15, 0.2) is 5.58 Å². The summed E-state index contributed by atoms with van der Waals surface area (Å²) in [7, 11) is 0. The summed E-state index contributed by atoms with van der Waals surface area (Å²) in [5.41, 5.74) is 2.71. The molecule has 1 saturated heterocycles. The average molecular weight is 357 g/mol. The van der Waals surface area contributed by atoms with Crippen LogP contribution in [0, 0.1) is 12.8 Å². The Balaban J connectivity index is 1.31. The zero-order valence-electron chi connectivity index (χ0n) is 15.7. The maximum atomic E-state index is 12.4. The molecule has 1 aromatic heterocycles. The molecule has 2 heterocycles. The maximum Gasteiger partial charge on any atom is 0.296 e. The Morgan fingerprint density at radius 1 is 1.38 bits per heavy atom. The van der Waals surface area contributed by atoms with E-state index in [1.165, 1.54) is 0 Å². The number of hydrogen-bond acceptors (Lipinski definition) is 5. The fraction of sp³-hybridized carbons (Fsp3) is 0.600. The molecule has 1 aliphatic carbocycles. The molecule has 140 valence electrons. The quantitative estimate of drug-likeness (QED) is 0.858. The molecule has 2 aromatic rings. The highest BCUT2D eigenvalue weighted by molar-refractivity contribution is 5.79. The van der Waals surface area contributed by atoms with Gasteiger partial charge in [-0.15, -0.1) is 0 Å². The van der Waals surface area contributed by atoms with Gasteiger partial charge < -0.3 is 19.8 Å². The van der Waals surface area contributed by atoms with Crippen LogP contribution in [0.2, 0.25) is 0 Å². The number of hydrogen-bond donors (Lipinski definition) is 2. The van der Waals surface area contributed by atoms with Crippen molar-refractivity contribution >= 4 is 23.0 Å². The normalized spacial score (nSPS) is 29.3. The van der Waals surface area contributed by atoms with Gasteiger partial charge in [0, 0.05) is 18.2 Å². The fourth-order valence-corrected chi connectivity index (χ4v) is 4.08. The van der Waals surface area contributed by atoms with Gasteiger partial charge in [-0.1, -0.05) is 13.0 Å². The third-order valence-corrected chi connectivity index (χ3v) is 5.63. The van der Waals surface area contributed by atoms with E-state index in [1.807, 2.05) is 32.0 Å². The van der Waals surface area contributed by atoms with Crippen LogP contribution < -0.4 is 10.6 Å². The minimum absolute atomic E-state index is 0.0720. The van der Waals surface area contributed by atoms with Crippen LogP contribution in [-0.2, 0) is 9.53 Å². The van der Waals surface area contributed by atoms with E-state index < -0.39 is 0 Å². The molecule has 0 spiro atoms. The van der Waals surface area contributed by atoms with Crippen LogP contribution >= 0.6 is 0 Å². The predicted octanol–water partition coefficient (Wildman–Crippen LogP) is 3.40. The number of nitrogens with zero attached hydrogens (tertiary/aromatic N) is 1. The van der Waals surface area contributed by atoms with E-state index in [4.69, 9.17) is 9.15 Å². The van der Waals surface area contributed by atoms with Crippen LogP contribution in [0.3, 0.4) is 0 Å². The lowest BCUT2D eigenvalue weighted by Gasteiger charge is -2.45. The van der Waals surface area contributed by atoms with Crippen molar-refractivity contribution in [2.75, 3.05) is 11.9 Å². The van der Waals surface area contributed by atoms with Gasteiger partial charge in [-0.3, -0.25) is 4.79 Å². The zero-order valence-corrected chi connectivity index (χ0v) is 15.7. The first-order valence-electron chi connectivity index (χ1n) is 9.49. The third-order valence-electron chi connectivity index (χ3n) is 5.63. The lowest BCUT2D eigenvalue weighted by atomic mass is 9.74. The van der Waals surface area contributed by atoms with Gasteiger partial charge in [-0.25, -0.2) is 0 Å². The van der Waals surface area contributed by atoms with E-state index in [1.54, 1.807) is 0 Å². The largest absolute Gasteiger partial charge is 0.424 e. The summed E-state index contributed by atoms with van der Waals surface area (Å²) in [4.78, 5) is 16.9. The number of oxazole rings is 1. The molecule has 2 aliphatic rings. The molecule has 0 radical (unpaired) electrons. The standard InChI is InChI=1S/C20H27N3O3/c1-12-6-7-17-15(9-12)22-19(26-17)23-20(3)10-14(11-20)21-18(24)13(2)16-5-4-8-25-16/h6-7,9,13-14,16H,4-5,8,10-11H2,1-3H3,(H,21,24)(H,22,23). The Hall–Kier alpha value is -2.08. The van der Waals surface area contributed by atoms with Crippen LogP contribution in [0.4, 0.5) is 6.01 Å². The van der Waals surface area contributed by atoms with Gasteiger partial charge in [0.2, 0.25) is 5.91 Å². The van der Waals surface area contributed by atoms with Crippen LogP contribution in [-0.4, -0.2) is 35.2 Å². The molecule has 6 nitrogen and oxygen atoms in total. The Bertz CT molecular complexity index is 804. The number of aryl methyl sites for hydroxylation is 1. The monoisotopic (exact) mass is 357 g/mol. The third kappa shape index (κ3) is 3.43. The van der Waals surface area contributed by atoms with E-state index in [0.29, 0.717) is 6.01 Å². The summed E-state index contributed by atoms with van der Waals surface area (Å²) in [5, 5.41) is 6.56. The zero-order chi connectivity index (χ0) is 18.3. The summed E-state index contributed by atoms with van der Waals surface area (Å²) < 4.78 is 11.4. The van der Waals surface area contributed by atoms with Crippen molar-refractivity contribution in [3.8, 4) is 0 Å². The van der Waals surface area contributed by atoms with Crippen molar-refractivity contribution in [3.63, 3.8) is 0 Å². The molecule has 1 aliphatic heterocycles. The van der Waals surface area contributed by atoms with Crippen LogP contribution in [0.5, 0.6) is 0 Å². The average Bonchev–Trinajstić information content (AvgIpc) is 3.21. The lowest BCUT2D eigenvalue weighted by molar-refractivity contribution is -0.129. The summed E-state index contributed by atoms with van der Waals surface area (Å²) in [5.74, 6) is 0.0129. The van der Waals surface area contributed by atoms with E-state index in [-0.39, 0.29) is 29.5 Å². The Labute approximate surface area is 153 Å². The van der Waals surface area contributed by atoms with E-state index >= 15 is 0 Å². The van der Waals surface area contributed by atoms with E-state index in [2.05, 4.69) is 22.5 Å². The first kappa shape index (κ1) is 17.3. The molecule has 2 unspecified atom stereocenters. The van der Waals surface area contributed by atoms with Crippen molar-refractivity contribution in [3.05, 3.63) is 23.8 Å². The molecule has 6 heteroatoms. The molecule has 2 fully saturated rings. The van der Waals surface area contributed by atoms with Gasteiger partial charge in [0.25, 0.3) is 6.01 Å². The molecule has 26 heavy (non-hydrogen) atoms. The number of benzene rings is 1. The summed E-state index contributed by atoms with van der Waals surface area (Å²) in [6.07, 6.45) is 3.82. The molecular formula is C20H27N3O3. The maximum absolute atomic E-state index is 12.4. The smallest absolute Gasteiger partial charge is 0.296 e. The Kier molecular flexibility index (Phi) is 4.39. The van der Waals surface area contributed by atoms with Crippen LogP contribution in [0.1, 0.15) is 45.1 Å². The molecular weight excluding hydrogens is 330 g/mol. The van der Waals surface area contributed by atoms with Crippen molar-refractivity contribution in [1.82, 2.24) is 10.3 Å². The second kappa shape index (κ2) is 6.58. The number of aromatic nitrogens is 1. The number of carbonyl (C=O) groups is 1. The van der Waals surface area contributed by atoms with Gasteiger partial charge in [-0.05, 0) is 57.2 Å². The fourth-order valence-electron chi connectivity index (χ4n) is 4.08. The first-order chi connectivity index (χ1) is 12.4. The predicted molar refractivity (Wildman–Crippen MR) is 100 cm³/mol. The number of ether oxygens (including phenoxy) is 1. The number of fused-ring (bicyclic) bond motifs is 1. The second-order valence-electron chi connectivity index (χ2n) is 8.13. The highest BCUT2D eigenvalue weighted by Gasteiger charge is 2.43. The Morgan fingerprint density at radius 2 is 2.19 bits per heavy atom. The number of rotatable bonds is 5. The molecule has 1 aromatic carbocycles. The Morgan fingerprint density at radius 3 is 2.92 bits per heavy atom. The molecule has 2 N–H and O–H groups in total. The van der Waals surface area contributed by atoms with Crippen molar-refractivity contribution in [2.24, 2.45) is 5.92 Å². The SMILES string of the molecule is Cc1ccc2oc(NC3(C)CC(NC(=O)C(C)C4CCCO4)C3)nc2c1. The molecule has 2 atom stereocenters. The minimum Gasteiger partial charge on any atom is -0.424 e. The molecule has 1 amide bonds. The van der Waals surface area contributed by atoms with Gasteiger partial charge >= 0.3 is 0 Å². The topological polar surface area (TPSA) is 76.4 Å². The number of nitrogens with one attached hydrogen (secondary N) is 2. The van der Waals surface area contributed by atoms with E-state index in [0.717, 1.165) is 49.0 Å².